The van der Waals surface area contributed by atoms with Crippen LogP contribution in [0, 0.1) is 18.8 Å². The number of thiophene rings is 1. The molecule has 1 aliphatic heterocycles. The van der Waals surface area contributed by atoms with Crippen molar-refractivity contribution in [1.82, 2.24) is 0 Å². The maximum absolute atomic E-state index is 11.0. The van der Waals surface area contributed by atoms with Gasteiger partial charge in [0.1, 0.15) is 11.9 Å². The first kappa shape index (κ1) is 18.8. The Morgan fingerprint density at radius 2 is 2.22 bits per heavy atom. The highest BCUT2D eigenvalue weighted by atomic mass is 35.5. The van der Waals surface area contributed by atoms with Crippen LogP contribution in [0.5, 0.6) is 5.75 Å². The van der Waals surface area contributed by atoms with E-state index in [1.54, 1.807) is 11.3 Å². The molecule has 2 aliphatic rings. The number of rotatable bonds is 6. The Balaban J connectivity index is 1.44. The monoisotopic (exact) mass is 406 g/mol. The largest absolute Gasteiger partial charge is 0.493 e. The van der Waals surface area contributed by atoms with Gasteiger partial charge in [-0.1, -0.05) is 11.6 Å². The molecule has 0 unspecified atom stereocenters. The molecule has 0 N–H and O–H groups in total. The molecule has 5 atom stereocenters. The van der Waals surface area contributed by atoms with Gasteiger partial charge >= 0.3 is 0 Å². The molecule has 1 aromatic heterocycles. The van der Waals surface area contributed by atoms with E-state index in [1.807, 2.05) is 25.1 Å². The average Bonchev–Trinajstić information content (AvgIpc) is 3.30. The molecule has 0 amide bonds. The highest BCUT2D eigenvalue weighted by Gasteiger charge is 2.48. The molecule has 1 saturated carbocycles. The number of ether oxygens (including phenoxy) is 3. The third-order valence-corrected chi connectivity index (χ3v) is 6.91. The number of hydrogen-bond acceptors (Lipinski definition) is 5. The molecule has 4 nitrogen and oxygen atoms in total. The molecule has 4 rings (SSSR count). The third-order valence-electron chi connectivity index (χ3n) is 5.79. The van der Waals surface area contributed by atoms with Crippen molar-refractivity contribution >= 4 is 29.4 Å². The molecule has 2 aromatic rings. The van der Waals surface area contributed by atoms with Crippen LogP contribution in [0.1, 0.15) is 36.5 Å². The van der Waals surface area contributed by atoms with Crippen molar-refractivity contribution in [3.63, 3.8) is 0 Å². The van der Waals surface area contributed by atoms with Gasteiger partial charge in [0, 0.05) is 17.4 Å². The van der Waals surface area contributed by atoms with Crippen molar-refractivity contribution in [1.29, 1.82) is 0 Å². The molecular formula is C21H23ClO4S. The quantitative estimate of drug-likeness (QED) is 0.619. The van der Waals surface area contributed by atoms with Crippen molar-refractivity contribution in [3.05, 3.63) is 51.2 Å². The van der Waals surface area contributed by atoms with E-state index < -0.39 is 0 Å². The van der Waals surface area contributed by atoms with Gasteiger partial charge in [0.05, 0.1) is 18.8 Å². The van der Waals surface area contributed by atoms with Gasteiger partial charge in [0.15, 0.2) is 0 Å². The minimum atomic E-state index is -0.160. The molecule has 1 saturated heterocycles. The summed E-state index contributed by atoms with van der Waals surface area (Å²) in [7, 11) is 0. The summed E-state index contributed by atoms with van der Waals surface area (Å²) in [5.74, 6) is 1.27. The second kappa shape index (κ2) is 8.21. The summed E-state index contributed by atoms with van der Waals surface area (Å²) in [4.78, 5) is 11.0. The summed E-state index contributed by atoms with van der Waals surface area (Å²) in [6.45, 7) is 3.02. The first-order chi connectivity index (χ1) is 13.2. The van der Waals surface area contributed by atoms with Gasteiger partial charge in [-0.05, 0) is 71.8 Å². The highest BCUT2D eigenvalue weighted by molar-refractivity contribution is 7.07. The van der Waals surface area contributed by atoms with Gasteiger partial charge in [-0.2, -0.15) is 11.3 Å². The summed E-state index contributed by atoms with van der Waals surface area (Å²) < 4.78 is 17.8. The maximum Gasteiger partial charge on any atom is 0.293 e. The van der Waals surface area contributed by atoms with E-state index in [9.17, 15) is 4.79 Å². The lowest BCUT2D eigenvalue weighted by Gasteiger charge is -2.34. The standard InChI is InChI=1S/C21H23ClO4S/c1-13-8-15(2-4-18(13)22)24-10-17-16-3-5-19(14-6-7-27-11-14)26-21(16)9-20(17)25-12-23/h2,4,6-8,11-12,16-17,19-21H,3,5,9-10H2,1H3/t16-,17-,19-,20-,21+/m1/s1. The van der Waals surface area contributed by atoms with E-state index in [1.165, 1.54) is 5.56 Å². The third kappa shape index (κ3) is 4.00. The zero-order valence-corrected chi connectivity index (χ0v) is 16.7. The molecule has 2 fully saturated rings. The van der Waals surface area contributed by atoms with E-state index >= 15 is 0 Å². The van der Waals surface area contributed by atoms with Crippen LogP contribution in [0.4, 0.5) is 0 Å². The fourth-order valence-corrected chi connectivity index (χ4v) is 5.19. The van der Waals surface area contributed by atoms with Crippen molar-refractivity contribution in [2.24, 2.45) is 11.8 Å². The van der Waals surface area contributed by atoms with Gasteiger partial charge in [0.25, 0.3) is 6.47 Å². The maximum atomic E-state index is 11.0. The average molecular weight is 407 g/mol. The Bertz CT molecular complexity index is 778. The highest BCUT2D eigenvalue weighted by Crippen LogP contribution is 2.46. The number of fused-ring (bicyclic) bond motifs is 1. The van der Waals surface area contributed by atoms with Crippen molar-refractivity contribution < 1.29 is 19.0 Å². The zero-order chi connectivity index (χ0) is 18.8. The molecule has 0 spiro atoms. The zero-order valence-electron chi connectivity index (χ0n) is 15.2. The smallest absolute Gasteiger partial charge is 0.293 e. The van der Waals surface area contributed by atoms with Gasteiger partial charge in [-0.25, -0.2) is 0 Å². The number of aryl methyl sites for hydroxylation is 1. The van der Waals surface area contributed by atoms with Gasteiger partial charge in [-0.15, -0.1) is 0 Å². The molecule has 144 valence electrons. The van der Waals surface area contributed by atoms with E-state index in [0.717, 1.165) is 35.6 Å². The van der Waals surface area contributed by atoms with Gasteiger partial charge in [-0.3, -0.25) is 4.79 Å². The first-order valence-electron chi connectivity index (χ1n) is 9.31. The summed E-state index contributed by atoms with van der Waals surface area (Å²) in [6, 6.07) is 7.79. The minimum absolute atomic E-state index is 0.106. The summed E-state index contributed by atoms with van der Waals surface area (Å²) >= 11 is 7.78. The number of hydrogen-bond donors (Lipinski definition) is 0. The lowest BCUT2D eigenvalue weighted by Crippen LogP contribution is -2.33. The second-order valence-corrected chi connectivity index (χ2v) is 8.54. The normalized spacial score (nSPS) is 29.9. The Kier molecular flexibility index (Phi) is 5.71. The molecular weight excluding hydrogens is 384 g/mol. The van der Waals surface area contributed by atoms with Gasteiger partial charge < -0.3 is 14.2 Å². The number of benzene rings is 1. The van der Waals surface area contributed by atoms with Crippen molar-refractivity contribution in [3.8, 4) is 5.75 Å². The summed E-state index contributed by atoms with van der Waals surface area (Å²) in [5, 5.41) is 4.97. The molecule has 27 heavy (non-hydrogen) atoms. The first-order valence-corrected chi connectivity index (χ1v) is 10.6. The number of carbonyl (C=O) groups is 1. The topological polar surface area (TPSA) is 44.8 Å². The van der Waals surface area contributed by atoms with E-state index in [-0.39, 0.29) is 24.2 Å². The fourth-order valence-electron chi connectivity index (χ4n) is 4.37. The summed E-state index contributed by atoms with van der Waals surface area (Å²) in [5.41, 5.74) is 2.24. The second-order valence-electron chi connectivity index (χ2n) is 7.35. The fraction of sp³-hybridized carbons (Fsp3) is 0.476. The lowest BCUT2D eigenvalue weighted by molar-refractivity contribution is -0.136. The minimum Gasteiger partial charge on any atom is -0.493 e. The van der Waals surface area contributed by atoms with Gasteiger partial charge in [0.2, 0.25) is 0 Å². The van der Waals surface area contributed by atoms with Crippen molar-refractivity contribution in [2.45, 2.75) is 44.5 Å². The lowest BCUT2D eigenvalue weighted by atomic mass is 9.86. The molecule has 1 aromatic carbocycles. The van der Waals surface area contributed by atoms with Crippen LogP contribution in [-0.2, 0) is 14.3 Å². The Morgan fingerprint density at radius 1 is 1.33 bits per heavy atom. The Hall–Kier alpha value is -1.56. The molecule has 0 bridgehead atoms. The SMILES string of the molecule is Cc1cc(OC[C@@H]2[C@H]3CC[C@H](c4ccsc4)O[C@H]3C[C@H]2OC=O)ccc1Cl. The van der Waals surface area contributed by atoms with Crippen LogP contribution in [0.3, 0.4) is 0 Å². The Morgan fingerprint density at radius 3 is 2.96 bits per heavy atom. The van der Waals surface area contributed by atoms with Crippen LogP contribution in [0.15, 0.2) is 35.0 Å². The van der Waals surface area contributed by atoms with E-state index in [0.29, 0.717) is 19.0 Å². The molecule has 1 aliphatic carbocycles. The number of halogens is 1. The van der Waals surface area contributed by atoms with Crippen LogP contribution in [-0.4, -0.2) is 25.3 Å². The Labute approximate surface area is 168 Å². The van der Waals surface area contributed by atoms with E-state index in [4.69, 9.17) is 25.8 Å². The van der Waals surface area contributed by atoms with Crippen LogP contribution in [0.2, 0.25) is 5.02 Å². The summed E-state index contributed by atoms with van der Waals surface area (Å²) in [6.07, 6.45) is 2.87. The predicted molar refractivity (Wildman–Crippen MR) is 105 cm³/mol. The predicted octanol–water partition coefficient (Wildman–Crippen LogP) is 5.19. The molecule has 2 heterocycles. The van der Waals surface area contributed by atoms with Crippen LogP contribution < -0.4 is 4.74 Å². The van der Waals surface area contributed by atoms with Crippen molar-refractivity contribution in [2.75, 3.05) is 6.61 Å². The van der Waals surface area contributed by atoms with Crippen LogP contribution >= 0.6 is 22.9 Å². The van der Waals surface area contributed by atoms with E-state index in [2.05, 4.69) is 16.8 Å². The number of carbonyl (C=O) groups excluding carboxylic acids is 1. The molecule has 0 radical (unpaired) electrons. The molecule has 6 heteroatoms. The van der Waals surface area contributed by atoms with Crippen LogP contribution in [0.25, 0.3) is 0 Å².